The Morgan fingerprint density at radius 1 is 1.41 bits per heavy atom. The van der Waals surface area contributed by atoms with Crippen molar-refractivity contribution in [2.75, 3.05) is 11.5 Å². The minimum atomic E-state index is -3.01. The molecule has 0 radical (unpaired) electrons. The number of aryl methyl sites for hydroxylation is 1. The number of aromatic nitrogens is 2. The first-order valence-corrected chi connectivity index (χ1v) is 7.95. The molecule has 0 aliphatic heterocycles. The van der Waals surface area contributed by atoms with Crippen molar-refractivity contribution >= 4 is 32.4 Å². The monoisotopic (exact) mass is 372 g/mol. The number of aromatic amines is 1. The average molecular weight is 372 g/mol. The van der Waals surface area contributed by atoms with Crippen LogP contribution in [0.25, 0.3) is 0 Å². The normalized spacial score (nSPS) is 11.6. The number of hydrogen-bond acceptors (Lipinski definition) is 4. The number of nitrogens with one attached hydrogen (secondary N) is 1. The lowest BCUT2D eigenvalue weighted by Gasteiger charge is -2.05. The first kappa shape index (κ1) is 14.4. The molecule has 0 saturated heterocycles. The highest BCUT2D eigenvalue weighted by atomic mass is 127. The Labute approximate surface area is 112 Å². The van der Waals surface area contributed by atoms with Gasteiger partial charge >= 0.3 is 5.69 Å². The quantitative estimate of drug-likeness (QED) is 0.735. The predicted octanol–water partition coefficient (Wildman–Crippen LogP) is -0.0340. The minimum Gasteiger partial charge on any atom is -0.299 e. The molecule has 0 aliphatic carbocycles. The van der Waals surface area contributed by atoms with Gasteiger partial charge in [-0.15, -0.1) is 0 Å². The lowest BCUT2D eigenvalue weighted by molar-refractivity contribution is 0.581. The van der Waals surface area contributed by atoms with E-state index in [1.165, 1.54) is 10.8 Å². The van der Waals surface area contributed by atoms with Crippen LogP contribution >= 0.6 is 22.6 Å². The van der Waals surface area contributed by atoms with E-state index in [-0.39, 0.29) is 18.1 Å². The highest BCUT2D eigenvalue weighted by Crippen LogP contribution is 1.97. The van der Waals surface area contributed by atoms with Crippen LogP contribution < -0.4 is 11.2 Å². The van der Waals surface area contributed by atoms with Gasteiger partial charge in [0.25, 0.3) is 5.56 Å². The summed E-state index contributed by atoms with van der Waals surface area (Å²) in [5.41, 5.74) is -0.933. The number of H-pyrrole nitrogens is 1. The molecule has 0 saturated carbocycles. The van der Waals surface area contributed by atoms with Gasteiger partial charge < -0.3 is 0 Å². The van der Waals surface area contributed by atoms with Crippen LogP contribution in [0.5, 0.6) is 0 Å². The lowest BCUT2D eigenvalue weighted by atomic mass is 10.4. The fraction of sp³-hybridized carbons (Fsp3) is 0.556. The number of rotatable bonds is 5. The van der Waals surface area contributed by atoms with Crippen molar-refractivity contribution in [3.63, 3.8) is 0 Å². The molecule has 6 nitrogen and oxygen atoms in total. The van der Waals surface area contributed by atoms with E-state index in [1.807, 2.05) is 22.6 Å². The van der Waals surface area contributed by atoms with Crippen molar-refractivity contribution in [2.24, 2.45) is 0 Å². The molecule has 0 atom stereocenters. The lowest BCUT2D eigenvalue weighted by Crippen LogP contribution is -2.31. The maximum atomic E-state index is 11.4. The SMILES string of the molecule is CCS(=O)(=O)CCCn1cc(I)c(=O)[nH]c1=O. The van der Waals surface area contributed by atoms with Crippen LogP contribution in [-0.4, -0.2) is 29.5 Å². The van der Waals surface area contributed by atoms with Gasteiger partial charge in [-0.05, 0) is 29.0 Å². The second-order valence-corrected chi connectivity index (χ2v) is 7.15. The summed E-state index contributed by atoms with van der Waals surface area (Å²) >= 11 is 1.82. The molecule has 96 valence electrons. The molecule has 0 bridgehead atoms. The summed E-state index contributed by atoms with van der Waals surface area (Å²) in [6, 6.07) is 0. The molecule has 1 heterocycles. The standard InChI is InChI=1S/C9H13IN2O4S/c1-2-17(15,16)5-3-4-12-6-7(10)8(13)11-9(12)14/h6H,2-5H2,1H3,(H,11,13,14). The largest absolute Gasteiger partial charge is 0.328 e. The van der Waals surface area contributed by atoms with Crippen molar-refractivity contribution in [1.29, 1.82) is 0 Å². The Morgan fingerprint density at radius 3 is 2.65 bits per heavy atom. The van der Waals surface area contributed by atoms with Gasteiger partial charge in [0.05, 0.1) is 9.32 Å². The van der Waals surface area contributed by atoms with Crippen molar-refractivity contribution in [2.45, 2.75) is 19.9 Å². The van der Waals surface area contributed by atoms with E-state index < -0.39 is 21.1 Å². The molecule has 1 N–H and O–H groups in total. The number of hydrogen-bond donors (Lipinski definition) is 1. The predicted molar refractivity (Wildman–Crippen MR) is 73.0 cm³/mol. The van der Waals surface area contributed by atoms with Gasteiger partial charge in [-0.25, -0.2) is 13.2 Å². The molecule has 17 heavy (non-hydrogen) atoms. The molecule has 1 rings (SSSR count). The summed E-state index contributed by atoms with van der Waals surface area (Å²) in [5, 5.41) is 0. The van der Waals surface area contributed by atoms with E-state index in [1.54, 1.807) is 6.92 Å². The summed E-state index contributed by atoms with van der Waals surface area (Å²) in [4.78, 5) is 24.6. The fourth-order valence-corrected chi connectivity index (χ4v) is 2.58. The van der Waals surface area contributed by atoms with E-state index in [4.69, 9.17) is 0 Å². The van der Waals surface area contributed by atoms with Crippen molar-refractivity contribution in [1.82, 2.24) is 9.55 Å². The van der Waals surface area contributed by atoms with Gasteiger partial charge in [0.2, 0.25) is 0 Å². The van der Waals surface area contributed by atoms with E-state index in [0.29, 0.717) is 9.99 Å². The van der Waals surface area contributed by atoms with E-state index in [2.05, 4.69) is 4.98 Å². The first-order chi connectivity index (χ1) is 7.85. The maximum Gasteiger partial charge on any atom is 0.328 e. The van der Waals surface area contributed by atoms with E-state index in [9.17, 15) is 18.0 Å². The molecule has 0 amide bonds. The van der Waals surface area contributed by atoms with Gasteiger partial charge in [-0.2, -0.15) is 0 Å². The zero-order chi connectivity index (χ0) is 13.1. The summed E-state index contributed by atoms with van der Waals surface area (Å²) in [6.45, 7) is 1.87. The molecule has 0 aliphatic rings. The Hall–Kier alpha value is -0.640. The van der Waals surface area contributed by atoms with Crippen LogP contribution in [0.4, 0.5) is 0 Å². The Kier molecular flexibility index (Phi) is 4.92. The van der Waals surface area contributed by atoms with E-state index >= 15 is 0 Å². The average Bonchev–Trinajstić information content (AvgIpc) is 2.25. The third-order valence-corrected chi connectivity index (χ3v) is 4.82. The van der Waals surface area contributed by atoms with Crippen molar-refractivity contribution < 1.29 is 8.42 Å². The van der Waals surface area contributed by atoms with Crippen LogP contribution in [0.1, 0.15) is 13.3 Å². The molecule has 0 spiro atoms. The van der Waals surface area contributed by atoms with Crippen LogP contribution in [0.2, 0.25) is 0 Å². The van der Waals surface area contributed by atoms with Gasteiger partial charge in [-0.1, -0.05) is 6.92 Å². The van der Waals surface area contributed by atoms with Gasteiger partial charge in [0, 0.05) is 18.5 Å². The highest BCUT2D eigenvalue weighted by molar-refractivity contribution is 14.1. The Morgan fingerprint density at radius 2 is 2.06 bits per heavy atom. The molecule has 0 unspecified atom stereocenters. The second kappa shape index (κ2) is 5.80. The number of nitrogens with zero attached hydrogens (tertiary/aromatic N) is 1. The van der Waals surface area contributed by atoms with Crippen LogP contribution in [-0.2, 0) is 16.4 Å². The van der Waals surface area contributed by atoms with Gasteiger partial charge in [-0.3, -0.25) is 14.3 Å². The third-order valence-electron chi connectivity index (χ3n) is 2.26. The summed E-state index contributed by atoms with van der Waals surface area (Å²) in [5.74, 6) is 0.150. The van der Waals surface area contributed by atoms with Crippen molar-refractivity contribution in [3.05, 3.63) is 30.6 Å². The van der Waals surface area contributed by atoms with Crippen LogP contribution in [0.15, 0.2) is 15.8 Å². The Balaban J connectivity index is 2.75. The van der Waals surface area contributed by atoms with Crippen LogP contribution in [0, 0.1) is 3.57 Å². The summed E-state index contributed by atoms with van der Waals surface area (Å²) in [7, 11) is -3.01. The molecule has 0 fully saturated rings. The van der Waals surface area contributed by atoms with Gasteiger partial charge in [0.15, 0.2) is 0 Å². The zero-order valence-corrected chi connectivity index (χ0v) is 12.2. The molecular formula is C9H13IN2O4S. The third kappa shape index (κ3) is 4.26. The van der Waals surface area contributed by atoms with Gasteiger partial charge in [0.1, 0.15) is 9.84 Å². The molecule has 0 aromatic carbocycles. The Bertz CT molecular complexity index is 602. The zero-order valence-electron chi connectivity index (χ0n) is 9.27. The molecule has 1 aromatic rings. The summed E-state index contributed by atoms with van der Waals surface area (Å²) in [6.07, 6.45) is 1.79. The van der Waals surface area contributed by atoms with Crippen molar-refractivity contribution in [3.8, 4) is 0 Å². The highest BCUT2D eigenvalue weighted by Gasteiger charge is 2.08. The first-order valence-electron chi connectivity index (χ1n) is 5.05. The maximum absolute atomic E-state index is 11.4. The molecule has 8 heteroatoms. The molecular weight excluding hydrogens is 359 g/mol. The smallest absolute Gasteiger partial charge is 0.299 e. The second-order valence-electron chi connectivity index (χ2n) is 3.52. The topological polar surface area (TPSA) is 89.0 Å². The summed E-state index contributed by atoms with van der Waals surface area (Å²) < 4.78 is 24.2. The minimum absolute atomic E-state index is 0.0473. The van der Waals surface area contributed by atoms with Crippen LogP contribution in [0.3, 0.4) is 0 Å². The molecule has 1 aromatic heterocycles. The number of sulfone groups is 1. The number of halogens is 1. The fourth-order valence-electron chi connectivity index (χ4n) is 1.25. The van der Waals surface area contributed by atoms with E-state index in [0.717, 1.165) is 0 Å².